The van der Waals surface area contributed by atoms with Crippen LogP contribution in [0.5, 0.6) is 0 Å². The van der Waals surface area contributed by atoms with Crippen molar-refractivity contribution in [2.24, 2.45) is 11.7 Å². The van der Waals surface area contributed by atoms with Gasteiger partial charge in [0.25, 0.3) is 0 Å². The van der Waals surface area contributed by atoms with E-state index in [4.69, 9.17) is 10.5 Å². The van der Waals surface area contributed by atoms with E-state index in [0.29, 0.717) is 17.2 Å². The molecule has 2 unspecified atom stereocenters. The maximum atomic E-state index is 11.5. The number of carbonyl (C=O) groups is 1. The average Bonchev–Trinajstić information content (AvgIpc) is 2.87. The molecule has 104 valence electrons. The lowest BCUT2D eigenvalue weighted by molar-refractivity contribution is 0.0599. The molecular formula is C14H21N3O2. The molecule has 0 radical (unpaired) electrons. The summed E-state index contributed by atoms with van der Waals surface area (Å²) in [7, 11) is 1.38. The highest BCUT2D eigenvalue weighted by atomic mass is 16.5. The van der Waals surface area contributed by atoms with Crippen LogP contribution in [0.1, 0.15) is 29.4 Å². The first-order valence-electron chi connectivity index (χ1n) is 6.59. The van der Waals surface area contributed by atoms with Crippen molar-refractivity contribution in [2.75, 3.05) is 25.1 Å². The van der Waals surface area contributed by atoms with Crippen molar-refractivity contribution in [1.29, 1.82) is 0 Å². The molecular weight excluding hydrogens is 242 g/mol. The van der Waals surface area contributed by atoms with Crippen molar-refractivity contribution in [3.63, 3.8) is 0 Å². The molecule has 1 aliphatic rings. The Hall–Kier alpha value is -1.62. The Morgan fingerprint density at radius 3 is 2.84 bits per heavy atom. The molecule has 0 amide bonds. The minimum Gasteiger partial charge on any atom is -0.465 e. The van der Waals surface area contributed by atoms with Crippen molar-refractivity contribution in [3.8, 4) is 0 Å². The fraction of sp³-hybridized carbons (Fsp3) is 0.571. The normalized spacial score (nSPS) is 20.4. The number of aromatic nitrogens is 1. The lowest BCUT2D eigenvalue weighted by Crippen LogP contribution is -2.30. The highest BCUT2D eigenvalue weighted by molar-refractivity contribution is 5.90. The molecule has 5 heteroatoms. The summed E-state index contributed by atoms with van der Waals surface area (Å²) in [4.78, 5) is 18.2. The van der Waals surface area contributed by atoms with Crippen LogP contribution >= 0.6 is 0 Å². The first-order chi connectivity index (χ1) is 9.02. The van der Waals surface area contributed by atoms with Gasteiger partial charge in [0.15, 0.2) is 0 Å². The lowest BCUT2D eigenvalue weighted by atomic mass is 10.0. The molecule has 0 aliphatic carbocycles. The molecule has 0 spiro atoms. The average molecular weight is 263 g/mol. The number of rotatable bonds is 3. The predicted molar refractivity (Wildman–Crippen MR) is 74.3 cm³/mol. The van der Waals surface area contributed by atoms with E-state index in [2.05, 4.69) is 9.88 Å². The highest BCUT2D eigenvalue weighted by Gasteiger charge is 2.26. The van der Waals surface area contributed by atoms with Gasteiger partial charge in [0, 0.05) is 19.1 Å². The largest absolute Gasteiger partial charge is 0.465 e. The minimum atomic E-state index is -0.341. The van der Waals surface area contributed by atoms with E-state index in [0.717, 1.165) is 25.3 Å². The van der Waals surface area contributed by atoms with Crippen LogP contribution in [-0.2, 0) is 4.74 Å². The van der Waals surface area contributed by atoms with Crippen LogP contribution in [-0.4, -0.2) is 37.2 Å². The maximum Gasteiger partial charge on any atom is 0.339 e. The molecule has 1 fully saturated rings. The van der Waals surface area contributed by atoms with E-state index in [-0.39, 0.29) is 12.0 Å². The monoisotopic (exact) mass is 263 g/mol. The number of carbonyl (C=O) groups excluding carboxylic acids is 1. The van der Waals surface area contributed by atoms with Gasteiger partial charge in [-0.2, -0.15) is 0 Å². The topological polar surface area (TPSA) is 68.5 Å². The van der Waals surface area contributed by atoms with E-state index >= 15 is 0 Å². The molecule has 2 heterocycles. The Kier molecular flexibility index (Phi) is 4.04. The zero-order chi connectivity index (χ0) is 14.0. The summed E-state index contributed by atoms with van der Waals surface area (Å²) >= 11 is 0. The third-order valence-corrected chi connectivity index (χ3v) is 3.77. The lowest BCUT2D eigenvalue weighted by Gasteiger charge is -2.19. The summed E-state index contributed by atoms with van der Waals surface area (Å²) in [5.41, 5.74) is 7.17. The van der Waals surface area contributed by atoms with E-state index < -0.39 is 0 Å². The number of pyridine rings is 1. The van der Waals surface area contributed by atoms with Crippen LogP contribution in [0.25, 0.3) is 0 Å². The first-order valence-corrected chi connectivity index (χ1v) is 6.59. The molecule has 1 aromatic heterocycles. The van der Waals surface area contributed by atoms with E-state index in [1.165, 1.54) is 7.11 Å². The Morgan fingerprint density at radius 2 is 2.32 bits per heavy atom. The second-order valence-corrected chi connectivity index (χ2v) is 5.15. The number of anilines is 1. The van der Waals surface area contributed by atoms with Gasteiger partial charge < -0.3 is 15.4 Å². The first kappa shape index (κ1) is 13.8. The van der Waals surface area contributed by atoms with Gasteiger partial charge in [-0.15, -0.1) is 0 Å². The van der Waals surface area contributed by atoms with Gasteiger partial charge in [-0.1, -0.05) is 0 Å². The predicted octanol–water partition coefficient (Wildman–Crippen LogP) is 1.35. The fourth-order valence-corrected chi connectivity index (χ4v) is 2.47. The second-order valence-electron chi connectivity index (χ2n) is 5.15. The highest BCUT2D eigenvalue weighted by Crippen LogP contribution is 2.24. The third-order valence-electron chi connectivity index (χ3n) is 3.77. The molecule has 2 atom stereocenters. The minimum absolute atomic E-state index is 0.209. The Labute approximate surface area is 113 Å². The summed E-state index contributed by atoms with van der Waals surface area (Å²) < 4.78 is 4.72. The molecule has 19 heavy (non-hydrogen) atoms. The van der Waals surface area contributed by atoms with Crippen LogP contribution < -0.4 is 10.6 Å². The zero-order valence-corrected chi connectivity index (χ0v) is 11.7. The van der Waals surface area contributed by atoms with Gasteiger partial charge in [-0.25, -0.2) is 9.78 Å². The number of nitrogens with zero attached hydrogens (tertiary/aromatic N) is 2. The van der Waals surface area contributed by atoms with Crippen LogP contribution in [0.15, 0.2) is 12.1 Å². The SMILES string of the molecule is COC(=O)c1ccc(N2CCC(C(C)N)C2)nc1C. The summed E-state index contributed by atoms with van der Waals surface area (Å²) in [6, 6.07) is 3.87. The fourth-order valence-electron chi connectivity index (χ4n) is 2.47. The van der Waals surface area contributed by atoms with Crippen molar-refractivity contribution >= 4 is 11.8 Å². The molecule has 0 bridgehead atoms. The van der Waals surface area contributed by atoms with E-state index in [9.17, 15) is 4.79 Å². The maximum absolute atomic E-state index is 11.5. The van der Waals surface area contributed by atoms with E-state index in [1.54, 1.807) is 6.07 Å². The van der Waals surface area contributed by atoms with Crippen molar-refractivity contribution in [2.45, 2.75) is 26.3 Å². The molecule has 1 saturated heterocycles. The number of hydrogen-bond donors (Lipinski definition) is 1. The second kappa shape index (κ2) is 5.57. The van der Waals surface area contributed by atoms with Crippen LogP contribution in [0.4, 0.5) is 5.82 Å². The molecule has 2 N–H and O–H groups in total. The smallest absolute Gasteiger partial charge is 0.339 e. The summed E-state index contributed by atoms with van der Waals surface area (Å²) in [6.07, 6.45) is 1.09. The van der Waals surface area contributed by atoms with Crippen molar-refractivity contribution < 1.29 is 9.53 Å². The van der Waals surface area contributed by atoms with Gasteiger partial charge in [0.05, 0.1) is 18.4 Å². The number of methoxy groups -OCH3 is 1. The Morgan fingerprint density at radius 1 is 1.58 bits per heavy atom. The third kappa shape index (κ3) is 2.87. The van der Waals surface area contributed by atoms with Crippen molar-refractivity contribution in [3.05, 3.63) is 23.4 Å². The molecule has 5 nitrogen and oxygen atoms in total. The quantitative estimate of drug-likeness (QED) is 0.834. The van der Waals surface area contributed by atoms with Crippen LogP contribution in [0.2, 0.25) is 0 Å². The Bertz CT molecular complexity index is 474. The van der Waals surface area contributed by atoms with E-state index in [1.807, 2.05) is 19.9 Å². The molecule has 0 aromatic carbocycles. The molecule has 1 aliphatic heterocycles. The van der Waals surface area contributed by atoms with Gasteiger partial charge in [-0.05, 0) is 38.3 Å². The number of aryl methyl sites for hydroxylation is 1. The summed E-state index contributed by atoms with van der Waals surface area (Å²) in [5.74, 6) is 1.09. The number of hydrogen-bond acceptors (Lipinski definition) is 5. The van der Waals surface area contributed by atoms with Gasteiger partial charge in [-0.3, -0.25) is 0 Å². The number of ether oxygens (including phenoxy) is 1. The van der Waals surface area contributed by atoms with Crippen LogP contribution in [0.3, 0.4) is 0 Å². The van der Waals surface area contributed by atoms with Gasteiger partial charge >= 0.3 is 5.97 Å². The molecule has 1 aromatic rings. The van der Waals surface area contributed by atoms with Crippen LogP contribution in [0, 0.1) is 12.8 Å². The number of nitrogens with two attached hydrogens (primary N) is 1. The summed E-state index contributed by atoms with van der Waals surface area (Å²) in [6.45, 7) is 5.78. The standard InChI is InChI=1S/C14H21N3O2/c1-9(15)11-6-7-17(8-11)13-5-4-12(10(2)16-13)14(18)19-3/h4-5,9,11H,6-8,15H2,1-3H3. The molecule has 2 rings (SSSR count). The Balaban J connectivity index is 2.15. The summed E-state index contributed by atoms with van der Waals surface area (Å²) in [5, 5.41) is 0. The van der Waals surface area contributed by atoms with Gasteiger partial charge in [0.2, 0.25) is 0 Å². The number of esters is 1. The van der Waals surface area contributed by atoms with Gasteiger partial charge in [0.1, 0.15) is 5.82 Å². The zero-order valence-electron chi connectivity index (χ0n) is 11.7. The van der Waals surface area contributed by atoms with Crippen molar-refractivity contribution in [1.82, 2.24) is 4.98 Å². The molecule has 0 saturated carbocycles.